The lowest BCUT2D eigenvalue weighted by molar-refractivity contribution is 0.169. The Bertz CT molecular complexity index is 577. The van der Waals surface area contributed by atoms with Gasteiger partial charge in [0.2, 0.25) is 0 Å². The van der Waals surface area contributed by atoms with Crippen LogP contribution in [0, 0.1) is 13.8 Å². The van der Waals surface area contributed by atoms with E-state index in [9.17, 15) is 5.11 Å². The lowest BCUT2D eigenvalue weighted by Crippen LogP contribution is -2.08. The Hall–Kier alpha value is -2.00. The molecule has 2 aromatic carbocycles. The number of benzene rings is 2. The largest absolute Gasteiger partial charge is 0.496 e. The third-order valence-electron chi connectivity index (χ3n) is 3.84. The van der Waals surface area contributed by atoms with E-state index in [1.165, 1.54) is 11.1 Å². The maximum atomic E-state index is 10.7. The third-order valence-corrected chi connectivity index (χ3v) is 3.84. The zero-order valence-corrected chi connectivity index (χ0v) is 13.0. The molecule has 3 nitrogen and oxygen atoms in total. The first-order valence-corrected chi connectivity index (χ1v) is 7.02. The van der Waals surface area contributed by atoms with Gasteiger partial charge in [0, 0.05) is 6.42 Å². The third kappa shape index (κ3) is 3.19. The first-order chi connectivity index (χ1) is 10.1. The zero-order chi connectivity index (χ0) is 15.4. The molecule has 1 atom stereocenters. The van der Waals surface area contributed by atoms with Crippen LogP contribution in [0.5, 0.6) is 11.5 Å². The molecule has 112 valence electrons. The molecule has 0 saturated heterocycles. The number of aryl methyl sites for hydroxylation is 2. The van der Waals surface area contributed by atoms with E-state index in [1.54, 1.807) is 14.2 Å². The number of methoxy groups -OCH3 is 2. The van der Waals surface area contributed by atoms with Crippen LogP contribution in [0.25, 0.3) is 0 Å². The minimum Gasteiger partial charge on any atom is -0.496 e. The highest BCUT2D eigenvalue weighted by Gasteiger charge is 2.20. The predicted molar refractivity (Wildman–Crippen MR) is 84.1 cm³/mol. The molecule has 1 N–H and O–H groups in total. The Morgan fingerprint density at radius 1 is 0.905 bits per heavy atom. The Morgan fingerprint density at radius 3 is 1.86 bits per heavy atom. The maximum absolute atomic E-state index is 10.7. The Kier molecular flexibility index (Phi) is 4.86. The summed E-state index contributed by atoms with van der Waals surface area (Å²) in [7, 11) is 3.20. The lowest BCUT2D eigenvalue weighted by Gasteiger charge is -2.19. The SMILES string of the molecule is COc1cccc(OC)c1C(O)Cc1c(C)cccc1C. The molecule has 1 unspecified atom stereocenters. The van der Waals surface area contributed by atoms with Gasteiger partial charge >= 0.3 is 0 Å². The second-order valence-corrected chi connectivity index (χ2v) is 5.17. The van der Waals surface area contributed by atoms with E-state index in [1.807, 2.05) is 24.3 Å². The predicted octanol–water partition coefficient (Wildman–Crippen LogP) is 3.60. The average molecular weight is 286 g/mol. The van der Waals surface area contributed by atoms with Crippen molar-refractivity contribution in [3.8, 4) is 11.5 Å². The monoisotopic (exact) mass is 286 g/mol. The smallest absolute Gasteiger partial charge is 0.128 e. The van der Waals surface area contributed by atoms with Gasteiger partial charge in [0.1, 0.15) is 11.5 Å². The highest BCUT2D eigenvalue weighted by atomic mass is 16.5. The van der Waals surface area contributed by atoms with Gasteiger partial charge in [-0.25, -0.2) is 0 Å². The van der Waals surface area contributed by atoms with Crippen molar-refractivity contribution in [2.75, 3.05) is 14.2 Å². The van der Waals surface area contributed by atoms with Crippen molar-refractivity contribution in [1.82, 2.24) is 0 Å². The van der Waals surface area contributed by atoms with Crippen LogP contribution < -0.4 is 9.47 Å². The van der Waals surface area contributed by atoms with Gasteiger partial charge in [-0.1, -0.05) is 24.3 Å². The normalized spacial score (nSPS) is 12.0. The van der Waals surface area contributed by atoms with Gasteiger partial charge in [-0.2, -0.15) is 0 Å². The van der Waals surface area contributed by atoms with Crippen LogP contribution in [-0.2, 0) is 6.42 Å². The van der Waals surface area contributed by atoms with Gasteiger partial charge in [0.15, 0.2) is 0 Å². The summed E-state index contributed by atoms with van der Waals surface area (Å²) in [6.07, 6.45) is -0.134. The number of hydrogen-bond donors (Lipinski definition) is 1. The molecule has 0 aliphatic carbocycles. The van der Waals surface area contributed by atoms with Crippen molar-refractivity contribution in [3.63, 3.8) is 0 Å². The summed E-state index contributed by atoms with van der Waals surface area (Å²) in [6.45, 7) is 4.13. The van der Waals surface area contributed by atoms with Gasteiger partial charge < -0.3 is 14.6 Å². The number of hydrogen-bond acceptors (Lipinski definition) is 3. The minimum absolute atomic E-state index is 0.537. The van der Waals surface area contributed by atoms with E-state index < -0.39 is 6.10 Å². The molecule has 21 heavy (non-hydrogen) atoms. The van der Waals surface area contributed by atoms with Crippen LogP contribution in [0.2, 0.25) is 0 Å². The van der Waals surface area contributed by atoms with E-state index in [0.29, 0.717) is 23.5 Å². The maximum Gasteiger partial charge on any atom is 0.128 e. The van der Waals surface area contributed by atoms with Crippen molar-refractivity contribution >= 4 is 0 Å². The standard InChI is InChI=1S/C18H22O3/c1-12-7-5-8-13(2)14(12)11-15(19)18-16(20-3)9-6-10-17(18)21-4/h5-10,15,19H,11H2,1-4H3. The van der Waals surface area contributed by atoms with Crippen LogP contribution in [0.15, 0.2) is 36.4 Å². The molecule has 2 aromatic rings. The van der Waals surface area contributed by atoms with Gasteiger partial charge in [-0.3, -0.25) is 0 Å². The molecule has 0 bridgehead atoms. The summed E-state index contributed by atoms with van der Waals surface area (Å²) < 4.78 is 10.7. The van der Waals surface area contributed by atoms with Crippen molar-refractivity contribution in [3.05, 3.63) is 58.7 Å². The molecule has 0 aliphatic rings. The van der Waals surface area contributed by atoms with Crippen molar-refractivity contribution < 1.29 is 14.6 Å². The first kappa shape index (κ1) is 15.4. The van der Waals surface area contributed by atoms with Gasteiger partial charge in [-0.15, -0.1) is 0 Å². The van der Waals surface area contributed by atoms with Crippen LogP contribution in [0.4, 0.5) is 0 Å². The van der Waals surface area contributed by atoms with Crippen LogP contribution >= 0.6 is 0 Å². The summed E-state index contributed by atoms with van der Waals surface area (Å²) in [5.41, 5.74) is 4.23. The molecule has 0 heterocycles. The number of rotatable bonds is 5. The number of aliphatic hydroxyl groups is 1. The second kappa shape index (κ2) is 6.64. The van der Waals surface area contributed by atoms with Crippen LogP contribution in [0.1, 0.15) is 28.4 Å². The fourth-order valence-electron chi connectivity index (χ4n) is 2.67. The van der Waals surface area contributed by atoms with Crippen LogP contribution in [-0.4, -0.2) is 19.3 Å². The minimum atomic E-state index is -0.670. The van der Waals surface area contributed by atoms with Crippen molar-refractivity contribution in [1.29, 1.82) is 0 Å². The highest BCUT2D eigenvalue weighted by Crippen LogP contribution is 2.36. The van der Waals surface area contributed by atoms with E-state index in [0.717, 1.165) is 5.56 Å². The van der Waals surface area contributed by atoms with E-state index in [4.69, 9.17) is 9.47 Å². The van der Waals surface area contributed by atoms with Crippen molar-refractivity contribution in [2.24, 2.45) is 0 Å². The molecular weight excluding hydrogens is 264 g/mol. The molecular formula is C18H22O3. The second-order valence-electron chi connectivity index (χ2n) is 5.17. The van der Waals surface area contributed by atoms with Gasteiger partial charge in [-0.05, 0) is 42.7 Å². The quantitative estimate of drug-likeness (QED) is 0.912. The summed E-state index contributed by atoms with van der Waals surface area (Å²) in [5.74, 6) is 1.29. The summed E-state index contributed by atoms with van der Waals surface area (Å²) >= 11 is 0. The molecule has 2 rings (SSSR count). The summed E-state index contributed by atoms with van der Waals surface area (Å²) in [4.78, 5) is 0. The molecule has 0 fully saturated rings. The number of ether oxygens (including phenoxy) is 2. The number of aliphatic hydroxyl groups excluding tert-OH is 1. The van der Waals surface area contributed by atoms with E-state index >= 15 is 0 Å². The summed E-state index contributed by atoms with van der Waals surface area (Å²) in [5, 5.41) is 10.7. The van der Waals surface area contributed by atoms with Crippen LogP contribution in [0.3, 0.4) is 0 Å². The molecule has 0 aromatic heterocycles. The molecule has 0 spiro atoms. The molecule has 0 saturated carbocycles. The Labute approximate surface area is 126 Å². The van der Waals surface area contributed by atoms with E-state index in [2.05, 4.69) is 26.0 Å². The fourth-order valence-corrected chi connectivity index (χ4v) is 2.67. The highest BCUT2D eigenvalue weighted by molar-refractivity contribution is 5.47. The van der Waals surface area contributed by atoms with Gasteiger partial charge in [0.25, 0.3) is 0 Å². The lowest BCUT2D eigenvalue weighted by atomic mass is 9.94. The topological polar surface area (TPSA) is 38.7 Å². The van der Waals surface area contributed by atoms with Gasteiger partial charge in [0.05, 0.1) is 25.9 Å². The molecule has 0 aliphatic heterocycles. The Balaban J connectivity index is 2.39. The van der Waals surface area contributed by atoms with Crippen molar-refractivity contribution in [2.45, 2.75) is 26.4 Å². The fraction of sp³-hybridized carbons (Fsp3) is 0.333. The Morgan fingerprint density at radius 2 is 1.38 bits per heavy atom. The average Bonchev–Trinajstić information content (AvgIpc) is 2.49. The molecule has 0 radical (unpaired) electrons. The molecule has 0 amide bonds. The molecule has 3 heteroatoms. The van der Waals surface area contributed by atoms with E-state index in [-0.39, 0.29) is 0 Å². The first-order valence-electron chi connectivity index (χ1n) is 7.02. The summed E-state index contributed by atoms with van der Waals surface area (Å²) in [6, 6.07) is 11.7. The zero-order valence-electron chi connectivity index (χ0n) is 13.0.